The van der Waals surface area contributed by atoms with Crippen LogP contribution in [0.5, 0.6) is 0 Å². The molecule has 0 N–H and O–H groups in total. The topological polar surface area (TPSA) is 20.3 Å². The van der Waals surface area contributed by atoms with Crippen LogP contribution in [-0.4, -0.2) is 27.3 Å². The summed E-state index contributed by atoms with van der Waals surface area (Å²) >= 11 is 14.7. The molecule has 1 aliphatic carbocycles. The minimum Gasteiger partial charge on any atom is -0.330 e. The summed E-state index contributed by atoms with van der Waals surface area (Å²) in [6.45, 7) is 12.9. The first-order valence-corrected chi connectivity index (χ1v) is 14.3. The van der Waals surface area contributed by atoms with Gasteiger partial charge in [0.05, 0.1) is 11.5 Å². The van der Waals surface area contributed by atoms with Gasteiger partial charge in [-0.15, -0.1) is 6.58 Å². The number of benzene rings is 2. The highest BCUT2D eigenvalue weighted by Gasteiger charge is 2.53. The monoisotopic (exact) mass is 529 g/mol. The Morgan fingerprint density at radius 1 is 1.11 bits per heavy atom. The number of piperidine rings is 1. The first kappa shape index (κ1) is 26.6. The van der Waals surface area contributed by atoms with Crippen LogP contribution >= 0.6 is 35.0 Å². The smallest absolute Gasteiger partial charge is 0.229 e. The zero-order chi connectivity index (χ0) is 25.4. The lowest BCUT2D eigenvalue weighted by atomic mass is 9.67. The van der Waals surface area contributed by atoms with Crippen LogP contribution in [0.3, 0.4) is 0 Å². The Kier molecular flexibility index (Phi) is 8.01. The summed E-state index contributed by atoms with van der Waals surface area (Å²) in [6, 6.07) is 16.4. The number of carbonyl (C=O) groups excluding carboxylic acids is 1. The van der Waals surface area contributed by atoms with E-state index in [0.717, 1.165) is 22.8 Å². The highest BCUT2D eigenvalue weighted by Crippen LogP contribution is 2.54. The average molecular weight is 531 g/mol. The Morgan fingerprint density at radius 3 is 2.37 bits per heavy atom. The molecule has 1 saturated carbocycles. The average Bonchev–Trinajstić information content (AvgIpc) is 3.62. The van der Waals surface area contributed by atoms with Crippen molar-refractivity contribution in [3.63, 3.8) is 0 Å². The van der Waals surface area contributed by atoms with Gasteiger partial charge in [0.1, 0.15) is 0 Å². The molecule has 1 saturated heterocycles. The highest BCUT2D eigenvalue weighted by molar-refractivity contribution is 8.00. The summed E-state index contributed by atoms with van der Waals surface area (Å²) in [7, 11) is 0. The molecule has 2 aromatic rings. The molecule has 4 atom stereocenters. The molecular weight excluding hydrogens is 493 g/mol. The third-order valence-corrected chi connectivity index (χ3v) is 9.26. The maximum atomic E-state index is 14.4. The number of amides is 1. The molecule has 0 aromatic heterocycles. The lowest BCUT2D eigenvalue weighted by Gasteiger charge is -2.52. The third-order valence-electron chi connectivity index (χ3n) is 7.40. The first-order chi connectivity index (χ1) is 16.5. The van der Waals surface area contributed by atoms with Crippen molar-refractivity contribution < 1.29 is 4.79 Å². The predicted octanol–water partition coefficient (Wildman–Crippen LogP) is 8.94. The zero-order valence-corrected chi connectivity index (χ0v) is 23.6. The number of carbonyl (C=O) groups is 1. The fourth-order valence-electron chi connectivity index (χ4n) is 5.51. The molecule has 2 nitrogen and oxygen atoms in total. The molecule has 1 unspecified atom stereocenters. The van der Waals surface area contributed by atoms with Gasteiger partial charge in [-0.2, -0.15) is 11.8 Å². The summed E-state index contributed by atoms with van der Waals surface area (Å²) < 4.78 is 0.137. The fraction of sp³-hybridized carbons (Fsp3) is 0.500. The number of hydrogen-bond donors (Lipinski definition) is 0. The van der Waals surface area contributed by atoms with Crippen molar-refractivity contribution in [2.45, 2.75) is 76.1 Å². The molecule has 1 amide bonds. The molecule has 0 radical (unpaired) electrons. The number of thioether (sulfide) groups is 1. The van der Waals surface area contributed by atoms with Gasteiger partial charge < -0.3 is 4.90 Å². The Labute approximate surface area is 225 Å². The van der Waals surface area contributed by atoms with E-state index in [4.69, 9.17) is 23.2 Å². The van der Waals surface area contributed by atoms with E-state index in [1.165, 1.54) is 18.4 Å². The van der Waals surface area contributed by atoms with Crippen molar-refractivity contribution in [3.05, 3.63) is 82.4 Å². The van der Waals surface area contributed by atoms with Crippen molar-refractivity contribution in [2.75, 3.05) is 5.75 Å². The number of halogens is 2. The van der Waals surface area contributed by atoms with Crippen LogP contribution in [0.25, 0.3) is 0 Å². The van der Waals surface area contributed by atoms with Gasteiger partial charge in [-0.05, 0) is 67.0 Å². The van der Waals surface area contributed by atoms with Crippen molar-refractivity contribution >= 4 is 40.9 Å². The van der Waals surface area contributed by atoms with E-state index in [2.05, 4.69) is 63.4 Å². The van der Waals surface area contributed by atoms with Gasteiger partial charge in [0.2, 0.25) is 5.91 Å². The van der Waals surface area contributed by atoms with Crippen molar-refractivity contribution in [1.82, 2.24) is 4.90 Å². The van der Waals surface area contributed by atoms with Crippen LogP contribution in [-0.2, 0) is 4.79 Å². The quantitative estimate of drug-likeness (QED) is 0.318. The van der Waals surface area contributed by atoms with E-state index in [1.54, 1.807) is 0 Å². The van der Waals surface area contributed by atoms with Crippen LogP contribution < -0.4 is 0 Å². The van der Waals surface area contributed by atoms with E-state index < -0.39 is 5.41 Å². The van der Waals surface area contributed by atoms with Gasteiger partial charge >= 0.3 is 0 Å². The van der Waals surface area contributed by atoms with Crippen LogP contribution in [0.4, 0.5) is 0 Å². The molecule has 2 fully saturated rings. The number of nitrogens with zero attached hydrogens (tertiary/aromatic N) is 1. The second-order valence-electron chi connectivity index (χ2n) is 11.5. The van der Waals surface area contributed by atoms with E-state index in [0.29, 0.717) is 17.4 Å². The molecule has 1 aliphatic heterocycles. The normalized spacial score (nSPS) is 26.0. The van der Waals surface area contributed by atoms with E-state index >= 15 is 0 Å². The standard InChI is InChI=1S/C30H37Cl2NOS/c1-6-16-30(5)18-25(22-8-7-9-24(32)17-22)27(21-12-14-23(31)15-13-21)33(28(30)34)26(20-10-11-20)19-35-29(2,3)4/h6-9,12-15,17,20,25-27H,1,10-11,16,18-19H2,2-5H3/t25-,26?,27-,30+/m1/s1. The molecule has 4 rings (SSSR count). The molecule has 188 valence electrons. The first-order valence-electron chi connectivity index (χ1n) is 12.6. The highest BCUT2D eigenvalue weighted by atomic mass is 35.5. The van der Waals surface area contributed by atoms with Crippen LogP contribution in [0.1, 0.15) is 76.5 Å². The maximum Gasteiger partial charge on any atom is 0.229 e. The lowest BCUT2D eigenvalue weighted by molar-refractivity contribution is -0.154. The Bertz CT molecular complexity index is 1060. The summed E-state index contributed by atoms with van der Waals surface area (Å²) in [5.74, 6) is 1.87. The number of allylic oxidation sites excluding steroid dienone is 1. The van der Waals surface area contributed by atoms with Crippen molar-refractivity contribution in [3.8, 4) is 0 Å². The molecule has 35 heavy (non-hydrogen) atoms. The largest absolute Gasteiger partial charge is 0.330 e. The molecule has 2 aliphatic rings. The molecule has 1 heterocycles. The lowest BCUT2D eigenvalue weighted by Crippen LogP contribution is -2.57. The summed E-state index contributed by atoms with van der Waals surface area (Å²) in [5, 5.41) is 1.44. The molecular formula is C30H37Cl2NOS. The molecule has 0 bridgehead atoms. The second kappa shape index (κ2) is 10.5. The third kappa shape index (κ3) is 6.12. The Morgan fingerprint density at radius 2 is 1.80 bits per heavy atom. The Hall–Kier alpha value is -1.42. The van der Waals surface area contributed by atoms with E-state index in [-0.39, 0.29) is 28.7 Å². The molecule has 5 heteroatoms. The van der Waals surface area contributed by atoms with Gasteiger partial charge in [-0.3, -0.25) is 4.79 Å². The number of rotatable bonds is 8. The minimum absolute atomic E-state index is 0.0673. The SMILES string of the molecule is C=CC[C@@]1(C)C[C@H](c2cccc(Cl)c2)[C@@H](c2ccc(Cl)cc2)N(C(CSC(C)(C)C)C2CC2)C1=O. The van der Waals surface area contributed by atoms with E-state index in [9.17, 15) is 4.79 Å². The van der Waals surface area contributed by atoms with Gasteiger partial charge in [-0.25, -0.2) is 0 Å². The zero-order valence-electron chi connectivity index (χ0n) is 21.3. The summed E-state index contributed by atoms with van der Waals surface area (Å²) in [6.07, 6.45) is 5.70. The van der Waals surface area contributed by atoms with Crippen LogP contribution in [0.2, 0.25) is 10.0 Å². The number of hydrogen-bond acceptors (Lipinski definition) is 2. The maximum absolute atomic E-state index is 14.4. The number of likely N-dealkylation sites (tertiary alicyclic amines) is 1. The van der Waals surface area contributed by atoms with Crippen molar-refractivity contribution in [1.29, 1.82) is 0 Å². The minimum atomic E-state index is -0.503. The van der Waals surface area contributed by atoms with Gasteiger partial charge in [0.15, 0.2) is 0 Å². The van der Waals surface area contributed by atoms with E-state index in [1.807, 2.05) is 42.1 Å². The summed E-state index contributed by atoms with van der Waals surface area (Å²) in [5.41, 5.74) is 1.82. The Balaban J connectivity index is 1.87. The van der Waals surface area contributed by atoms with Gasteiger partial charge in [0.25, 0.3) is 0 Å². The van der Waals surface area contributed by atoms with Gasteiger partial charge in [-0.1, -0.05) is 81.2 Å². The predicted molar refractivity (Wildman–Crippen MR) is 151 cm³/mol. The van der Waals surface area contributed by atoms with Gasteiger partial charge in [0, 0.05) is 32.5 Å². The van der Waals surface area contributed by atoms with Crippen LogP contribution in [0.15, 0.2) is 61.2 Å². The second-order valence-corrected chi connectivity index (χ2v) is 14.2. The molecule has 0 spiro atoms. The summed E-state index contributed by atoms with van der Waals surface area (Å²) in [4.78, 5) is 16.7. The fourth-order valence-corrected chi connectivity index (χ4v) is 6.94. The molecule has 2 aromatic carbocycles. The van der Waals surface area contributed by atoms with Crippen molar-refractivity contribution in [2.24, 2.45) is 11.3 Å². The van der Waals surface area contributed by atoms with Crippen LogP contribution in [0, 0.1) is 11.3 Å².